The van der Waals surface area contributed by atoms with Gasteiger partial charge in [0.1, 0.15) is 0 Å². The van der Waals surface area contributed by atoms with E-state index in [0.29, 0.717) is 6.04 Å². The fraction of sp³-hybridized carbons (Fsp3) is 0.600. The van der Waals surface area contributed by atoms with Crippen molar-refractivity contribution in [2.45, 2.75) is 38.8 Å². The van der Waals surface area contributed by atoms with E-state index >= 15 is 0 Å². The molecule has 1 unspecified atom stereocenters. The maximum absolute atomic E-state index is 12.0. The highest BCUT2D eigenvalue weighted by molar-refractivity contribution is 7.15. The lowest BCUT2D eigenvalue weighted by Crippen LogP contribution is -2.43. The summed E-state index contributed by atoms with van der Waals surface area (Å²) in [5.74, 6) is 0. The van der Waals surface area contributed by atoms with E-state index in [2.05, 4.69) is 22.1 Å². The van der Waals surface area contributed by atoms with Gasteiger partial charge in [0.25, 0.3) is 5.56 Å². The second-order valence-electron chi connectivity index (χ2n) is 5.62. The summed E-state index contributed by atoms with van der Waals surface area (Å²) in [5.41, 5.74) is 0.892. The summed E-state index contributed by atoms with van der Waals surface area (Å²) in [6.45, 7) is 6.05. The van der Waals surface area contributed by atoms with Gasteiger partial charge in [0, 0.05) is 36.8 Å². The quantitative estimate of drug-likeness (QED) is 0.914. The highest BCUT2D eigenvalue weighted by Crippen LogP contribution is 2.11. The zero-order valence-corrected chi connectivity index (χ0v) is 13.2. The fourth-order valence-corrected chi connectivity index (χ4v) is 3.63. The topological polar surface area (TPSA) is 49.6 Å². The largest absolute Gasteiger partial charge is 0.313 e. The first kappa shape index (κ1) is 14.7. The number of likely N-dealkylation sites (N-methyl/N-ethyl adjacent to an activating group) is 1. The van der Waals surface area contributed by atoms with Crippen LogP contribution in [0, 0.1) is 0 Å². The van der Waals surface area contributed by atoms with Crippen LogP contribution in [0.2, 0.25) is 0 Å². The Kier molecular flexibility index (Phi) is 4.67. The van der Waals surface area contributed by atoms with E-state index in [1.807, 2.05) is 5.38 Å². The van der Waals surface area contributed by atoms with Crippen molar-refractivity contribution < 1.29 is 0 Å². The van der Waals surface area contributed by atoms with Crippen molar-refractivity contribution in [3.05, 3.63) is 33.7 Å². The van der Waals surface area contributed by atoms with Crippen LogP contribution >= 0.6 is 11.3 Å². The molecule has 1 atom stereocenters. The predicted octanol–water partition coefficient (Wildman–Crippen LogP) is 1.72. The Morgan fingerprint density at radius 1 is 1.52 bits per heavy atom. The van der Waals surface area contributed by atoms with Gasteiger partial charge in [-0.1, -0.05) is 13.3 Å². The summed E-state index contributed by atoms with van der Waals surface area (Å²) >= 11 is 1.51. The SMILES string of the molecule is CCN(Cc1cc(=O)n2ccsc2n1)CC1CCCCN1. The smallest absolute Gasteiger partial charge is 0.258 e. The van der Waals surface area contributed by atoms with Crippen LogP contribution in [-0.4, -0.2) is 40.0 Å². The molecule has 0 saturated carbocycles. The first-order valence-corrected chi connectivity index (χ1v) is 8.55. The number of fused-ring (bicyclic) bond motifs is 1. The molecule has 0 radical (unpaired) electrons. The van der Waals surface area contributed by atoms with E-state index in [1.54, 1.807) is 16.7 Å². The number of aromatic nitrogens is 2. The lowest BCUT2D eigenvalue weighted by atomic mass is 10.0. The van der Waals surface area contributed by atoms with Crippen LogP contribution in [0.25, 0.3) is 4.96 Å². The van der Waals surface area contributed by atoms with Crippen molar-refractivity contribution in [3.8, 4) is 0 Å². The van der Waals surface area contributed by atoms with Gasteiger partial charge in [-0.2, -0.15) is 0 Å². The van der Waals surface area contributed by atoms with Crippen LogP contribution in [-0.2, 0) is 6.54 Å². The van der Waals surface area contributed by atoms with E-state index < -0.39 is 0 Å². The number of nitrogens with one attached hydrogen (secondary N) is 1. The summed E-state index contributed by atoms with van der Waals surface area (Å²) in [6.07, 6.45) is 5.63. The van der Waals surface area contributed by atoms with Gasteiger partial charge in [0.2, 0.25) is 0 Å². The standard InChI is InChI=1S/C15H22N4OS/c1-2-18(10-12-5-3-4-6-16-12)11-13-9-14(20)19-7-8-21-15(19)17-13/h7-9,12,16H,2-6,10-11H2,1H3. The molecule has 114 valence electrons. The van der Waals surface area contributed by atoms with Gasteiger partial charge in [0.15, 0.2) is 4.96 Å². The minimum absolute atomic E-state index is 0.0168. The van der Waals surface area contributed by atoms with Gasteiger partial charge in [-0.15, -0.1) is 11.3 Å². The lowest BCUT2D eigenvalue weighted by Gasteiger charge is -2.29. The van der Waals surface area contributed by atoms with Gasteiger partial charge in [0.05, 0.1) is 5.69 Å². The Morgan fingerprint density at radius 3 is 3.19 bits per heavy atom. The molecule has 6 heteroatoms. The Labute approximate surface area is 128 Å². The summed E-state index contributed by atoms with van der Waals surface area (Å²) in [5, 5.41) is 5.48. The van der Waals surface area contributed by atoms with Gasteiger partial charge in [-0.25, -0.2) is 4.98 Å². The number of hydrogen-bond acceptors (Lipinski definition) is 5. The van der Waals surface area contributed by atoms with Crippen LogP contribution in [0.3, 0.4) is 0 Å². The zero-order chi connectivity index (χ0) is 14.7. The molecule has 1 aliphatic heterocycles. The third-order valence-corrected chi connectivity index (χ3v) is 4.84. The molecule has 0 amide bonds. The van der Waals surface area contributed by atoms with Gasteiger partial charge >= 0.3 is 0 Å². The molecule has 21 heavy (non-hydrogen) atoms. The molecule has 1 saturated heterocycles. The molecule has 0 aliphatic carbocycles. The molecule has 5 nitrogen and oxygen atoms in total. The van der Waals surface area contributed by atoms with Gasteiger partial charge in [-0.05, 0) is 25.9 Å². The van der Waals surface area contributed by atoms with Crippen LogP contribution in [0.1, 0.15) is 31.9 Å². The molecular weight excluding hydrogens is 284 g/mol. The Hall–Kier alpha value is -1.24. The fourth-order valence-electron chi connectivity index (χ4n) is 2.89. The summed E-state index contributed by atoms with van der Waals surface area (Å²) in [6, 6.07) is 2.24. The number of thiazole rings is 1. The monoisotopic (exact) mass is 306 g/mol. The predicted molar refractivity (Wildman–Crippen MR) is 85.9 cm³/mol. The molecule has 2 aromatic rings. The van der Waals surface area contributed by atoms with Crippen molar-refractivity contribution in [3.63, 3.8) is 0 Å². The summed E-state index contributed by atoms with van der Waals surface area (Å²) in [4.78, 5) is 19.8. The minimum atomic E-state index is 0.0168. The van der Waals surface area contributed by atoms with Crippen molar-refractivity contribution in [2.24, 2.45) is 0 Å². The lowest BCUT2D eigenvalue weighted by molar-refractivity contribution is 0.224. The van der Waals surface area contributed by atoms with Crippen LogP contribution in [0.5, 0.6) is 0 Å². The molecule has 0 spiro atoms. The zero-order valence-electron chi connectivity index (χ0n) is 12.4. The first-order valence-electron chi connectivity index (χ1n) is 7.68. The normalized spacial score (nSPS) is 19.4. The molecule has 1 fully saturated rings. The number of hydrogen-bond donors (Lipinski definition) is 1. The van der Waals surface area contributed by atoms with Crippen molar-refractivity contribution in [1.29, 1.82) is 0 Å². The second kappa shape index (κ2) is 6.68. The highest BCUT2D eigenvalue weighted by Gasteiger charge is 2.16. The van der Waals surface area contributed by atoms with Gasteiger partial charge < -0.3 is 5.32 Å². The van der Waals surface area contributed by atoms with Crippen LogP contribution in [0.4, 0.5) is 0 Å². The third-order valence-electron chi connectivity index (χ3n) is 4.08. The molecular formula is C15H22N4OS. The molecule has 1 N–H and O–H groups in total. The first-order chi connectivity index (χ1) is 10.3. The van der Waals surface area contributed by atoms with E-state index in [1.165, 1.54) is 30.6 Å². The maximum Gasteiger partial charge on any atom is 0.258 e. The highest BCUT2D eigenvalue weighted by atomic mass is 32.1. The van der Waals surface area contributed by atoms with Crippen molar-refractivity contribution in [2.75, 3.05) is 19.6 Å². The molecule has 3 heterocycles. The Bertz CT molecular complexity index is 644. The van der Waals surface area contributed by atoms with E-state index in [0.717, 1.165) is 36.8 Å². The Balaban J connectivity index is 1.70. The number of rotatable bonds is 5. The number of nitrogens with zero attached hydrogens (tertiary/aromatic N) is 3. The second-order valence-corrected chi connectivity index (χ2v) is 6.49. The van der Waals surface area contributed by atoms with Crippen LogP contribution in [0.15, 0.2) is 22.4 Å². The molecule has 1 aliphatic rings. The number of piperidine rings is 1. The molecule has 3 rings (SSSR count). The van der Waals surface area contributed by atoms with Crippen molar-refractivity contribution >= 4 is 16.3 Å². The molecule has 0 bridgehead atoms. The minimum Gasteiger partial charge on any atom is -0.313 e. The van der Waals surface area contributed by atoms with E-state index in [-0.39, 0.29) is 5.56 Å². The van der Waals surface area contributed by atoms with E-state index in [4.69, 9.17) is 0 Å². The third kappa shape index (κ3) is 3.51. The average Bonchev–Trinajstić information content (AvgIpc) is 2.96. The summed E-state index contributed by atoms with van der Waals surface area (Å²) < 4.78 is 1.60. The van der Waals surface area contributed by atoms with E-state index in [9.17, 15) is 4.79 Å². The molecule has 2 aromatic heterocycles. The van der Waals surface area contributed by atoms with Crippen LogP contribution < -0.4 is 10.9 Å². The molecule has 0 aromatic carbocycles. The average molecular weight is 306 g/mol. The maximum atomic E-state index is 12.0. The van der Waals surface area contributed by atoms with Gasteiger partial charge in [-0.3, -0.25) is 14.1 Å². The Morgan fingerprint density at radius 2 is 2.43 bits per heavy atom. The summed E-state index contributed by atoms with van der Waals surface area (Å²) in [7, 11) is 0. The van der Waals surface area contributed by atoms with Crippen molar-refractivity contribution in [1.82, 2.24) is 19.6 Å².